The molecule has 0 spiro atoms. The molecule has 0 fully saturated rings. The molecule has 0 radical (unpaired) electrons. The second-order valence-electron chi connectivity index (χ2n) is 3.55. The lowest BCUT2D eigenvalue weighted by atomic mass is 10.2. The number of hydrogen-bond donors (Lipinski definition) is 1. The molecule has 0 unspecified atom stereocenters. The lowest BCUT2D eigenvalue weighted by molar-refractivity contribution is 0.212. The molecule has 1 aromatic carbocycles. The smallest absolute Gasteiger partial charge is 0.321 e. The summed E-state index contributed by atoms with van der Waals surface area (Å²) in [6.07, 6.45) is 3.73. The van der Waals surface area contributed by atoms with Crippen molar-refractivity contribution in [3.05, 3.63) is 42.1 Å². The van der Waals surface area contributed by atoms with Crippen LogP contribution in [0, 0.1) is 0 Å². The number of urea groups is 1. The zero-order valence-electron chi connectivity index (χ0n) is 9.14. The molecule has 0 saturated carbocycles. The zero-order valence-corrected chi connectivity index (χ0v) is 9.14. The monoisotopic (exact) mass is 218 g/mol. The minimum absolute atomic E-state index is 0.0571. The lowest BCUT2D eigenvalue weighted by Crippen LogP contribution is -2.39. The van der Waals surface area contributed by atoms with Crippen LogP contribution in [-0.2, 0) is 6.54 Å². The molecule has 1 heterocycles. The van der Waals surface area contributed by atoms with Gasteiger partial charge in [0.25, 0.3) is 0 Å². The van der Waals surface area contributed by atoms with Crippen molar-refractivity contribution in [3.8, 4) is 5.75 Å². The van der Waals surface area contributed by atoms with Crippen molar-refractivity contribution in [1.82, 2.24) is 10.2 Å². The van der Waals surface area contributed by atoms with Crippen LogP contribution in [0.5, 0.6) is 5.75 Å². The van der Waals surface area contributed by atoms with Gasteiger partial charge in [-0.05, 0) is 23.8 Å². The summed E-state index contributed by atoms with van der Waals surface area (Å²) in [6.45, 7) is 1.18. The molecule has 4 heteroatoms. The van der Waals surface area contributed by atoms with Gasteiger partial charge in [-0.2, -0.15) is 0 Å². The van der Waals surface area contributed by atoms with Gasteiger partial charge in [0.2, 0.25) is 0 Å². The van der Waals surface area contributed by atoms with Crippen LogP contribution in [0.25, 0.3) is 0 Å². The van der Waals surface area contributed by atoms with E-state index in [9.17, 15) is 4.79 Å². The highest BCUT2D eigenvalue weighted by atomic mass is 16.5. The molecular formula is C12H14N2O2. The molecule has 0 aromatic heterocycles. The first-order valence-electron chi connectivity index (χ1n) is 5.13. The Kier molecular flexibility index (Phi) is 3.10. The first kappa shape index (κ1) is 10.5. The Bertz CT molecular complexity index is 398. The van der Waals surface area contributed by atoms with E-state index < -0.39 is 0 Å². The number of nitrogens with zero attached hydrogens (tertiary/aromatic N) is 1. The second kappa shape index (κ2) is 4.70. The number of amides is 2. The summed E-state index contributed by atoms with van der Waals surface area (Å²) in [6, 6.07) is 7.63. The van der Waals surface area contributed by atoms with Gasteiger partial charge >= 0.3 is 6.03 Å². The third kappa shape index (κ3) is 2.34. The first-order chi connectivity index (χ1) is 7.79. The van der Waals surface area contributed by atoms with E-state index >= 15 is 0 Å². The Morgan fingerprint density at radius 2 is 2.12 bits per heavy atom. The predicted octanol–water partition coefficient (Wildman–Crippen LogP) is 1.73. The fraction of sp³-hybridized carbons (Fsp3) is 0.250. The van der Waals surface area contributed by atoms with E-state index in [4.69, 9.17) is 4.74 Å². The molecule has 1 aliphatic heterocycles. The number of carbonyl (C=O) groups is 1. The topological polar surface area (TPSA) is 41.6 Å². The van der Waals surface area contributed by atoms with E-state index in [0.717, 1.165) is 11.3 Å². The minimum Gasteiger partial charge on any atom is -0.497 e. The molecule has 1 aliphatic rings. The number of ether oxygens (including phenoxy) is 1. The molecule has 0 bridgehead atoms. The Labute approximate surface area is 94.5 Å². The first-order valence-corrected chi connectivity index (χ1v) is 5.13. The van der Waals surface area contributed by atoms with E-state index in [1.165, 1.54) is 0 Å². The van der Waals surface area contributed by atoms with Crippen molar-refractivity contribution in [1.29, 1.82) is 0 Å². The van der Waals surface area contributed by atoms with Gasteiger partial charge in [-0.25, -0.2) is 4.79 Å². The molecule has 1 aromatic rings. The molecule has 0 atom stereocenters. The van der Waals surface area contributed by atoms with Crippen molar-refractivity contribution in [2.45, 2.75) is 6.54 Å². The predicted molar refractivity (Wildman–Crippen MR) is 61.1 cm³/mol. The maximum absolute atomic E-state index is 11.5. The highest BCUT2D eigenvalue weighted by molar-refractivity contribution is 5.76. The quantitative estimate of drug-likeness (QED) is 0.839. The van der Waals surface area contributed by atoms with Gasteiger partial charge in [-0.15, -0.1) is 0 Å². The third-order valence-electron chi connectivity index (χ3n) is 2.43. The van der Waals surface area contributed by atoms with Crippen LogP contribution < -0.4 is 10.1 Å². The summed E-state index contributed by atoms with van der Waals surface area (Å²) in [5.74, 6) is 0.822. The Balaban J connectivity index is 2.05. The van der Waals surface area contributed by atoms with Crippen molar-refractivity contribution in [2.24, 2.45) is 0 Å². The number of hydrogen-bond acceptors (Lipinski definition) is 2. The lowest BCUT2D eigenvalue weighted by Gasteiger charge is -2.22. The highest BCUT2D eigenvalue weighted by Gasteiger charge is 2.12. The molecule has 1 N–H and O–H groups in total. The molecule has 2 rings (SSSR count). The van der Waals surface area contributed by atoms with Gasteiger partial charge in [0.15, 0.2) is 0 Å². The van der Waals surface area contributed by atoms with E-state index in [1.54, 1.807) is 12.0 Å². The van der Waals surface area contributed by atoms with Crippen LogP contribution in [0.1, 0.15) is 5.56 Å². The number of methoxy groups -OCH3 is 1. The number of carbonyl (C=O) groups excluding carboxylic acids is 1. The van der Waals surface area contributed by atoms with Gasteiger partial charge < -0.3 is 10.1 Å². The van der Waals surface area contributed by atoms with E-state index in [2.05, 4.69) is 5.32 Å². The standard InChI is InChI=1S/C12H14N2O2/c1-16-11-5-3-10(4-6-11)9-14-8-2-7-13-12(14)15/h2-6,8H,7,9H2,1H3,(H,13,15). The van der Waals surface area contributed by atoms with Gasteiger partial charge in [0.1, 0.15) is 5.75 Å². The summed E-state index contributed by atoms with van der Waals surface area (Å²) in [5.41, 5.74) is 1.07. The van der Waals surface area contributed by atoms with Crippen molar-refractivity contribution in [3.63, 3.8) is 0 Å². The van der Waals surface area contributed by atoms with Crippen LogP contribution in [0.4, 0.5) is 4.79 Å². The van der Waals surface area contributed by atoms with Crippen LogP contribution >= 0.6 is 0 Å². The van der Waals surface area contributed by atoms with Gasteiger partial charge in [-0.3, -0.25) is 4.90 Å². The normalized spacial score (nSPS) is 14.8. The summed E-state index contributed by atoms with van der Waals surface area (Å²) in [7, 11) is 1.63. The van der Waals surface area contributed by atoms with Gasteiger partial charge in [0.05, 0.1) is 13.7 Å². The van der Waals surface area contributed by atoms with Gasteiger partial charge in [0, 0.05) is 12.7 Å². The second-order valence-corrected chi connectivity index (χ2v) is 3.55. The highest BCUT2D eigenvalue weighted by Crippen LogP contribution is 2.13. The van der Waals surface area contributed by atoms with Crippen LogP contribution in [0.3, 0.4) is 0 Å². The summed E-state index contributed by atoms with van der Waals surface area (Å²) < 4.78 is 5.07. The average molecular weight is 218 g/mol. The van der Waals surface area contributed by atoms with E-state index in [-0.39, 0.29) is 6.03 Å². The van der Waals surface area contributed by atoms with Crippen molar-refractivity contribution < 1.29 is 9.53 Å². The van der Waals surface area contributed by atoms with E-state index in [1.807, 2.05) is 36.5 Å². The maximum Gasteiger partial charge on any atom is 0.321 e. The van der Waals surface area contributed by atoms with Crippen LogP contribution in [0.15, 0.2) is 36.5 Å². The third-order valence-corrected chi connectivity index (χ3v) is 2.43. The van der Waals surface area contributed by atoms with Crippen molar-refractivity contribution in [2.75, 3.05) is 13.7 Å². The molecule has 2 amide bonds. The summed E-state index contributed by atoms with van der Waals surface area (Å²) in [5, 5.41) is 2.75. The molecular weight excluding hydrogens is 204 g/mol. The SMILES string of the molecule is COc1ccc(CN2C=CCNC2=O)cc1. The minimum atomic E-state index is -0.0571. The van der Waals surface area contributed by atoms with Gasteiger partial charge in [-0.1, -0.05) is 12.1 Å². The Morgan fingerprint density at radius 1 is 1.38 bits per heavy atom. The fourth-order valence-corrected chi connectivity index (χ4v) is 1.55. The number of rotatable bonds is 3. The molecule has 0 saturated heterocycles. The Morgan fingerprint density at radius 3 is 2.75 bits per heavy atom. The number of benzene rings is 1. The van der Waals surface area contributed by atoms with Crippen LogP contribution in [0.2, 0.25) is 0 Å². The Hall–Kier alpha value is -1.97. The molecule has 16 heavy (non-hydrogen) atoms. The molecule has 84 valence electrons. The van der Waals surface area contributed by atoms with Crippen LogP contribution in [-0.4, -0.2) is 24.6 Å². The molecule has 4 nitrogen and oxygen atoms in total. The largest absolute Gasteiger partial charge is 0.497 e. The number of nitrogens with one attached hydrogen (secondary N) is 1. The average Bonchev–Trinajstić information content (AvgIpc) is 2.33. The summed E-state index contributed by atoms with van der Waals surface area (Å²) >= 11 is 0. The van der Waals surface area contributed by atoms with Crippen molar-refractivity contribution >= 4 is 6.03 Å². The zero-order chi connectivity index (χ0) is 11.4. The summed E-state index contributed by atoms with van der Waals surface area (Å²) in [4.78, 5) is 13.1. The molecule has 0 aliphatic carbocycles. The van der Waals surface area contributed by atoms with E-state index in [0.29, 0.717) is 13.1 Å². The fourth-order valence-electron chi connectivity index (χ4n) is 1.55. The maximum atomic E-state index is 11.5.